The summed E-state index contributed by atoms with van der Waals surface area (Å²) in [6.45, 7) is 1.84. The van der Waals surface area contributed by atoms with Crippen molar-refractivity contribution >= 4 is 39.7 Å². The third-order valence-corrected chi connectivity index (χ3v) is 3.69. The second kappa shape index (κ2) is 7.96. The number of amides is 1. The van der Waals surface area contributed by atoms with Crippen molar-refractivity contribution in [2.75, 3.05) is 6.61 Å². The van der Waals surface area contributed by atoms with E-state index in [0.29, 0.717) is 15.2 Å². The molecule has 2 aromatic rings. The maximum Gasteiger partial charge on any atom is 0.277 e. The fourth-order valence-electron chi connectivity index (χ4n) is 1.67. The molecule has 0 fully saturated rings. The van der Waals surface area contributed by atoms with E-state index in [-0.39, 0.29) is 12.5 Å². The number of aryl methyl sites for hydroxylation is 1. The number of carbonyl (C=O) groups is 1. The summed E-state index contributed by atoms with van der Waals surface area (Å²) in [5.74, 6) is 0.203. The number of rotatable bonds is 5. The van der Waals surface area contributed by atoms with E-state index in [0.717, 1.165) is 11.1 Å². The summed E-state index contributed by atoms with van der Waals surface area (Å²) < 4.78 is 6.08. The van der Waals surface area contributed by atoms with Gasteiger partial charge in [0, 0.05) is 5.02 Å². The van der Waals surface area contributed by atoms with Gasteiger partial charge in [0.25, 0.3) is 5.91 Å². The van der Waals surface area contributed by atoms with E-state index in [2.05, 4.69) is 26.5 Å². The predicted octanol–water partition coefficient (Wildman–Crippen LogP) is 3.94. The van der Waals surface area contributed by atoms with Crippen molar-refractivity contribution < 1.29 is 9.53 Å². The van der Waals surface area contributed by atoms with Gasteiger partial charge in [-0.3, -0.25) is 4.79 Å². The second-order valence-corrected chi connectivity index (χ2v) is 5.80. The van der Waals surface area contributed by atoms with Crippen LogP contribution in [-0.4, -0.2) is 18.7 Å². The third kappa shape index (κ3) is 4.86. The number of nitrogens with one attached hydrogen (secondary N) is 1. The quantitative estimate of drug-likeness (QED) is 0.630. The number of hydrazone groups is 1. The van der Waals surface area contributed by atoms with Gasteiger partial charge in [-0.1, -0.05) is 35.9 Å². The minimum absolute atomic E-state index is 0.134. The number of halogens is 2. The molecule has 114 valence electrons. The second-order valence-electron chi connectivity index (χ2n) is 4.51. The van der Waals surface area contributed by atoms with Crippen LogP contribution in [0.4, 0.5) is 0 Å². The van der Waals surface area contributed by atoms with Gasteiger partial charge >= 0.3 is 0 Å². The Morgan fingerprint density at radius 2 is 2.14 bits per heavy atom. The smallest absolute Gasteiger partial charge is 0.277 e. The van der Waals surface area contributed by atoms with Crippen LogP contribution in [0.2, 0.25) is 5.02 Å². The van der Waals surface area contributed by atoms with E-state index in [1.807, 2.05) is 31.2 Å². The summed E-state index contributed by atoms with van der Waals surface area (Å²) in [6.07, 6.45) is 1.60. The number of benzene rings is 2. The van der Waals surface area contributed by atoms with Crippen molar-refractivity contribution in [2.45, 2.75) is 6.92 Å². The van der Waals surface area contributed by atoms with Crippen LogP contribution in [0.5, 0.6) is 5.75 Å². The van der Waals surface area contributed by atoms with Crippen molar-refractivity contribution in [1.29, 1.82) is 0 Å². The van der Waals surface area contributed by atoms with Crippen molar-refractivity contribution in [1.82, 2.24) is 5.43 Å². The van der Waals surface area contributed by atoms with Crippen LogP contribution in [0.3, 0.4) is 0 Å². The van der Waals surface area contributed by atoms with E-state index < -0.39 is 0 Å². The topological polar surface area (TPSA) is 50.7 Å². The van der Waals surface area contributed by atoms with E-state index in [4.69, 9.17) is 16.3 Å². The highest BCUT2D eigenvalue weighted by molar-refractivity contribution is 9.10. The summed E-state index contributed by atoms with van der Waals surface area (Å²) in [5.41, 5.74) is 4.46. The maximum absolute atomic E-state index is 11.7. The Kier molecular flexibility index (Phi) is 5.98. The van der Waals surface area contributed by atoms with Crippen LogP contribution in [0.1, 0.15) is 11.1 Å². The summed E-state index contributed by atoms with van der Waals surface area (Å²) in [7, 11) is 0. The summed E-state index contributed by atoms with van der Waals surface area (Å²) in [5, 5.41) is 4.50. The van der Waals surface area contributed by atoms with Gasteiger partial charge in [0.15, 0.2) is 6.61 Å². The standard InChI is InChI=1S/C16H14BrClN2O2/c1-11-4-2-3-5-12(11)9-19-20-16(21)10-22-15-7-6-13(18)8-14(15)17/h2-9H,10H2,1H3,(H,20,21). The number of ether oxygens (including phenoxy) is 1. The lowest BCUT2D eigenvalue weighted by molar-refractivity contribution is -0.123. The van der Waals surface area contributed by atoms with Gasteiger partial charge in [-0.15, -0.1) is 0 Å². The Balaban J connectivity index is 1.84. The molecule has 0 aliphatic rings. The number of hydrogen-bond donors (Lipinski definition) is 1. The summed E-state index contributed by atoms with van der Waals surface area (Å²) in [6, 6.07) is 12.8. The molecule has 0 radical (unpaired) electrons. The van der Waals surface area contributed by atoms with Crippen molar-refractivity contribution in [3.63, 3.8) is 0 Å². The van der Waals surface area contributed by atoms with E-state index in [1.165, 1.54) is 0 Å². The molecule has 0 aliphatic carbocycles. The monoisotopic (exact) mass is 380 g/mol. The first kappa shape index (κ1) is 16.5. The summed E-state index contributed by atoms with van der Waals surface area (Å²) in [4.78, 5) is 11.7. The SMILES string of the molecule is Cc1ccccc1C=NNC(=O)COc1ccc(Cl)cc1Br. The number of nitrogens with zero attached hydrogens (tertiary/aromatic N) is 1. The zero-order valence-corrected chi connectivity index (χ0v) is 14.2. The van der Waals surface area contributed by atoms with Crippen LogP contribution in [0, 0.1) is 6.92 Å². The van der Waals surface area contributed by atoms with Crippen molar-refractivity contribution in [2.24, 2.45) is 5.10 Å². The molecule has 6 heteroatoms. The maximum atomic E-state index is 11.7. The van der Waals surface area contributed by atoms with Crippen molar-refractivity contribution in [3.05, 3.63) is 63.1 Å². The predicted molar refractivity (Wildman–Crippen MR) is 91.6 cm³/mol. The molecule has 0 aromatic heterocycles. The van der Waals surface area contributed by atoms with Gasteiger partial charge in [-0.05, 0) is 52.2 Å². The molecule has 22 heavy (non-hydrogen) atoms. The van der Waals surface area contributed by atoms with Crippen LogP contribution in [0.15, 0.2) is 52.0 Å². The Morgan fingerprint density at radius 1 is 1.36 bits per heavy atom. The first-order chi connectivity index (χ1) is 10.6. The average molecular weight is 382 g/mol. The molecule has 2 rings (SSSR count). The highest BCUT2D eigenvalue weighted by Crippen LogP contribution is 2.27. The van der Waals surface area contributed by atoms with Crippen LogP contribution in [-0.2, 0) is 4.79 Å². The van der Waals surface area contributed by atoms with Gasteiger partial charge in [-0.2, -0.15) is 5.10 Å². The van der Waals surface area contributed by atoms with Gasteiger partial charge in [-0.25, -0.2) is 5.43 Å². The largest absolute Gasteiger partial charge is 0.483 e. The average Bonchev–Trinajstić information content (AvgIpc) is 2.48. The zero-order valence-electron chi connectivity index (χ0n) is 11.8. The van der Waals surface area contributed by atoms with Gasteiger partial charge in [0.2, 0.25) is 0 Å². The van der Waals surface area contributed by atoms with Crippen LogP contribution >= 0.6 is 27.5 Å². The molecule has 0 heterocycles. The normalized spacial score (nSPS) is 10.7. The number of carbonyl (C=O) groups excluding carboxylic acids is 1. The molecule has 0 atom stereocenters. The molecule has 0 spiro atoms. The molecule has 4 nitrogen and oxygen atoms in total. The molecular formula is C16H14BrClN2O2. The summed E-state index contributed by atoms with van der Waals surface area (Å²) >= 11 is 9.15. The lowest BCUT2D eigenvalue weighted by atomic mass is 10.1. The Hall–Kier alpha value is -1.85. The molecule has 2 aromatic carbocycles. The highest BCUT2D eigenvalue weighted by Gasteiger charge is 2.05. The van der Waals surface area contributed by atoms with Gasteiger partial charge in [0.1, 0.15) is 5.75 Å². The molecule has 0 saturated carbocycles. The minimum atomic E-state index is -0.341. The number of hydrogen-bond acceptors (Lipinski definition) is 3. The molecule has 1 amide bonds. The van der Waals surface area contributed by atoms with Gasteiger partial charge in [0.05, 0.1) is 10.7 Å². The van der Waals surface area contributed by atoms with Crippen molar-refractivity contribution in [3.8, 4) is 5.75 Å². The Labute approximate surface area is 142 Å². The van der Waals surface area contributed by atoms with Gasteiger partial charge < -0.3 is 4.74 Å². The Morgan fingerprint density at radius 3 is 2.86 bits per heavy atom. The zero-order chi connectivity index (χ0) is 15.9. The molecular weight excluding hydrogens is 368 g/mol. The molecule has 0 aliphatic heterocycles. The van der Waals surface area contributed by atoms with Crippen LogP contribution in [0.25, 0.3) is 0 Å². The first-order valence-corrected chi connectivity index (χ1v) is 7.69. The highest BCUT2D eigenvalue weighted by atomic mass is 79.9. The first-order valence-electron chi connectivity index (χ1n) is 6.51. The lowest BCUT2D eigenvalue weighted by Crippen LogP contribution is -2.24. The third-order valence-electron chi connectivity index (χ3n) is 2.83. The van der Waals surface area contributed by atoms with E-state index >= 15 is 0 Å². The molecule has 0 bridgehead atoms. The molecule has 1 N–H and O–H groups in total. The van der Waals surface area contributed by atoms with E-state index in [9.17, 15) is 4.79 Å². The van der Waals surface area contributed by atoms with E-state index in [1.54, 1.807) is 24.4 Å². The minimum Gasteiger partial charge on any atom is -0.483 e. The van der Waals surface area contributed by atoms with Crippen LogP contribution < -0.4 is 10.2 Å². The molecule has 0 unspecified atom stereocenters. The fraction of sp³-hybridized carbons (Fsp3) is 0.125. The fourth-order valence-corrected chi connectivity index (χ4v) is 2.47. The Bertz CT molecular complexity index is 704. The lowest BCUT2D eigenvalue weighted by Gasteiger charge is -2.07. The molecule has 0 saturated heterocycles.